The van der Waals surface area contributed by atoms with Gasteiger partial charge in [0, 0.05) is 6.54 Å². The summed E-state index contributed by atoms with van der Waals surface area (Å²) < 4.78 is 0. The van der Waals surface area contributed by atoms with E-state index in [-0.39, 0.29) is 11.4 Å². The van der Waals surface area contributed by atoms with E-state index in [1.54, 1.807) is 11.0 Å². The molecule has 168 valence electrons. The summed E-state index contributed by atoms with van der Waals surface area (Å²) in [7, 11) is 0. The number of hydrogen-bond donors (Lipinski definition) is 1. The molecule has 1 N–H and O–H groups in total. The van der Waals surface area contributed by atoms with E-state index in [4.69, 9.17) is 0 Å². The minimum atomic E-state index is -0.590. The van der Waals surface area contributed by atoms with Gasteiger partial charge in [-0.2, -0.15) is 0 Å². The second-order valence-corrected chi connectivity index (χ2v) is 8.06. The number of aryl methyl sites for hydroxylation is 1. The number of aliphatic hydroxyl groups excluding tert-OH is 1. The van der Waals surface area contributed by atoms with Gasteiger partial charge in [-0.15, -0.1) is 0 Å². The van der Waals surface area contributed by atoms with Gasteiger partial charge >= 0.3 is 0 Å². The molecule has 1 aliphatic rings. The number of hydrogen-bond acceptors (Lipinski definition) is 4. The van der Waals surface area contributed by atoms with Gasteiger partial charge in [-0.05, 0) is 50.2 Å². The maximum absolute atomic E-state index is 13.2. The van der Waals surface area contributed by atoms with Crippen LogP contribution in [0, 0.1) is 6.92 Å². The zero-order valence-corrected chi connectivity index (χ0v) is 19.1. The highest BCUT2D eigenvalue weighted by Gasteiger charge is 2.42. The molecule has 0 fully saturated rings. The number of aliphatic hydroxyl groups is 1. The molecule has 0 bridgehead atoms. The molecule has 3 rings (SSSR count). The lowest BCUT2D eigenvalue weighted by Crippen LogP contribution is -2.34. The maximum atomic E-state index is 13.2. The van der Waals surface area contributed by atoms with Gasteiger partial charge < -0.3 is 14.9 Å². The molecular weight excluding hydrogens is 400 g/mol. The summed E-state index contributed by atoms with van der Waals surface area (Å²) in [4.78, 5) is 30.1. The van der Waals surface area contributed by atoms with Crippen molar-refractivity contribution in [1.29, 1.82) is 0 Å². The van der Waals surface area contributed by atoms with Crippen LogP contribution in [0.1, 0.15) is 43.0 Å². The Kier molecular flexibility index (Phi) is 8.01. The number of allylic oxidation sites excluding steroid dienone is 1. The highest BCUT2D eigenvalue weighted by Crippen LogP contribution is 2.38. The van der Waals surface area contributed by atoms with Crippen LogP contribution in [0.2, 0.25) is 0 Å². The summed E-state index contributed by atoms with van der Waals surface area (Å²) in [6.45, 7) is 9.44. The second kappa shape index (κ2) is 10.9. The molecule has 0 aliphatic carbocycles. The van der Waals surface area contributed by atoms with E-state index >= 15 is 0 Å². The van der Waals surface area contributed by atoms with Crippen molar-refractivity contribution in [2.45, 2.75) is 33.2 Å². The first-order valence-corrected chi connectivity index (χ1v) is 11.3. The van der Waals surface area contributed by atoms with Gasteiger partial charge in [-0.1, -0.05) is 80.1 Å². The topological polar surface area (TPSA) is 60.9 Å². The van der Waals surface area contributed by atoms with Crippen LogP contribution in [0.15, 0.2) is 72.0 Å². The van der Waals surface area contributed by atoms with Crippen molar-refractivity contribution in [3.63, 3.8) is 0 Å². The quantitative estimate of drug-likeness (QED) is 0.553. The summed E-state index contributed by atoms with van der Waals surface area (Å²) in [5.41, 5.74) is 2.95. The lowest BCUT2D eigenvalue weighted by molar-refractivity contribution is -0.129. The maximum Gasteiger partial charge on any atom is 0.290 e. The van der Waals surface area contributed by atoms with Crippen LogP contribution in [-0.4, -0.2) is 52.8 Å². The first kappa shape index (κ1) is 23.5. The van der Waals surface area contributed by atoms with Crippen molar-refractivity contribution in [1.82, 2.24) is 9.80 Å². The molecule has 0 saturated heterocycles. The summed E-state index contributed by atoms with van der Waals surface area (Å²) in [6.07, 6.45) is 3.92. The third-order valence-corrected chi connectivity index (χ3v) is 5.96. The highest BCUT2D eigenvalue weighted by atomic mass is 16.3. The van der Waals surface area contributed by atoms with Gasteiger partial charge in [-0.3, -0.25) is 9.59 Å². The summed E-state index contributed by atoms with van der Waals surface area (Å²) >= 11 is 0. The number of carbonyl (C=O) groups is 2. The first-order chi connectivity index (χ1) is 15.5. The van der Waals surface area contributed by atoms with Crippen LogP contribution >= 0.6 is 0 Å². The molecule has 1 aliphatic heterocycles. The second-order valence-electron chi connectivity index (χ2n) is 8.06. The van der Waals surface area contributed by atoms with Crippen molar-refractivity contribution in [3.05, 3.63) is 88.7 Å². The van der Waals surface area contributed by atoms with Crippen LogP contribution in [-0.2, 0) is 9.59 Å². The molecule has 1 unspecified atom stereocenters. The average molecular weight is 433 g/mol. The molecule has 5 nitrogen and oxygen atoms in total. The van der Waals surface area contributed by atoms with Crippen LogP contribution in [0.4, 0.5) is 0 Å². The molecule has 5 heteroatoms. The van der Waals surface area contributed by atoms with E-state index in [1.165, 1.54) is 6.08 Å². The molecule has 2 aromatic carbocycles. The minimum absolute atomic E-state index is 0.147. The van der Waals surface area contributed by atoms with E-state index in [0.717, 1.165) is 42.7 Å². The van der Waals surface area contributed by atoms with Crippen molar-refractivity contribution in [2.75, 3.05) is 26.2 Å². The molecule has 1 atom stereocenters. The standard InChI is InChI=1S/C27H32N2O3/c1-4-28(5-2)18-9-19-29-25(22-15-12-20(3)13-16-22)24(26(31)27(29)32)23(30)17-14-21-10-7-6-8-11-21/h6-8,10-17,25,31H,4-5,9,18-19H2,1-3H3. The van der Waals surface area contributed by atoms with E-state index in [1.807, 2.05) is 61.5 Å². The van der Waals surface area contributed by atoms with Crippen molar-refractivity contribution in [2.24, 2.45) is 0 Å². The van der Waals surface area contributed by atoms with Crippen LogP contribution in [0.25, 0.3) is 6.08 Å². The average Bonchev–Trinajstić information content (AvgIpc) is 3.06. The molecular formula is C27H32N2O3. The molecule has 1 amide bonds. The third kappa shape index (κ3) is 5.35. The smallest absolute Gasteiger partial charge is 0.290 e. The van der Waals surface area contributed by atoms with Crippen molar-refractivity contribution < 1.29 is 14.7 Å². The summed E-state index contributed by atoms with van der Waals surface area (Å²) in [5, 5.41) is 10.7. The van der Waals surface area contributed by atoms with E-state index in [9.17, 15) is 14.7 Å². The normalized spacial score (nSPS) is 16.6. The van der Waals surface area contributed by atoms with Gasteiger partial charge in [0.05, 0.1) is 11.6 Å². The fraction of sp³-hybridized carbons (Fsp3) is 0.333. The predicted molar refractivity (Wildman–Crippen MR) is 128 cm³/mol. The van der Waals surface area contributed by atoms with Crippen molar-refractivity contribution >= 4 is 17.8 Å². The summed E-state index contributed by atoms with van der Waals surface area (Å²) in [5.74, 6) is -1.27. The molecule has 0 radical (unpaired) electrons. The van der Waals surface area contributed by atoms with Gasteiger partial charge in [-0.25, -0.2) is 0 Å². The molecule has 0 saturated carbocycles. The molecule has 0 spiro atoms. The Labute approximate surface area is 190 Å². The monoisotopic (exact) mass is 432 g/mol. The van der Waals surface area contributed by atoms with Gasteiger partial charge in [0.1, 0.15) is 0 Å². The minimum Gasteiger partial charge on any atom is -0.503 e. The molecule has 2 aromatic rings. The largest absolute Gasteiger partial charge is 0.503 e. The summed E-state index contributed by atoms with van der Waals surface area (Å²) in [6, 6.07) is 16.7. The Morgan fingerprint density at radius 1 is 1.06 bits per heavy atom. The third-order valence-electron chi connectivity index (χ3n) is 5.96. The van der Waals surface area contributed by atoms with Crippen molar-refractivity contribution in [3.8, 4) is 0 Å². The number of benzene rings is 2. The number of nitrogens with zero attached hydrogens (tertiary/aromatic N) is 2. The predicted octanol–water partition coefficient (Wildman–Crippen LogP) is 4.70. The Hall–Kier alpha value is -3.18. The van der Waals surface area contributed by atoms with Crippen LogP contribution in [0.5, 0.6) is 0 Å². The zero-order valence-electron chi connectivity index (χ0n) is 19.1. The Morgan fingerprint density at radius 3 is 2.34 bits per heavy atom. The van der Waals surface area contributed by atoms with Crippen LogP contribution < -0.4 is 0 Å². The number of carbonyl (C=O) groups excluding carboxylic acids is 2. The Balaban J connectivity index is 1.89. The molecule has 0 aromatic heterocycles. The number of rotatable bonds is 10. The lowest BCUT2D eigenvalue weighted by atomic mass is 9.95. The zero-order chi connectivity index (χ0) is 23.1. The lowest BCUT2D eigenvalue weighted by Gasteiger charge is -2.28. The Bertz CT molecular complexity index is 989. The number of amides is 1. The van der Waals surface area contributed by atoms with E-state index in [2.05, 4.69) is 18.7 Å². The highest BCUT2D eigenvalue weighted by molar-refractivity contribution is 6.14. The van der Waals surface area contributed by atoms with Crippen LogP contribution in [0.3, 0.4) is 0 Å². The Morgan fingerprint density at radius 2 is 1.72 bits per heavy atom. The molecule has 32 heavy (non-hydrogen) atoms. The fourth-order valence-corrected chi connectivity index (χ4v) is 4.06. The first-order valence-electron chi connectivity index (χ1n) is 11.3. The molecule has 1 heterocycles. The van der Waals surface area contributed by atoms with E-state index < -0.39 is 17.7 Å². The van der Waals surface area contributed by atoms with Gasteiger partial charge in [0.15, 0.2) is 11.5 Å². The van der Waals surface area contributed by atoms with Gasteiger partial charge in [0.2, 0.25) is 0 Å². The fourth-order valence-electron chi connectivity index (χ4n) is 4.06. The number of ketones is 1. The SMILES string of the molecule is CCN(CC)CCCN1C(=O)C(O)=C(C(=O)C=Cc2ccccc2)C1c1ccc(C)cc1. The van der Waals surface area contributed by atoms with Gasteiger partial charge in [0.25, 0.3) is 5.91 Å². The van der Waals surface area contributed by atoms with E-state index in [0.29, 0.717) is 6.54 Å².